The largest absolute Gasteiger partial charge is 0.395 e. The van der Waals surface area contributed by atoms with Gasteiger partial charge in [0.25, 0.3) is 11.8 Å². The molecule has 10 heteroatoms. The molecule has 2 aromatic rings. The van der Waals surface area contributed by atoms with Gasteiger partial charge in [0.1, 0.15) is 6.61 Å². The molecule has 0 aliphatic carbocycles. The van der Waals surface area contributed by atoms with Gasteiger partial charge < -0.3 is 19.2 Å². The van der Waals surface area contributed by atoms with Crippen LogP contribution in [-0.2, 0) is 14.3 Å². The fraction of sp³-hybridized carbons (Fsp3) is 0.480. The van der Waals surface area contributed by atoms with Gasteiger partial charge in [-0.2, -0.15) is 0 Å². The van der Waals surface area contributed by atoms with Crippen LogP contribution >= 0.6 is 0 Å². The van der Waals surface area contributed by atoms with E-state index in [1.54, 1.807) is 36.7 Å². The quantitative estimate of drug-likeness (QED) is 0.399. The summed E-state index contributed by atoms with van der Waals surface area (Å²) in [6.45, 7) is 4.52. The van der Waals surface area contributed by atoms with E-state index in [1.165, 1.54) is 4.90 Å². The molecule has 4 heterocycles. The maximum atomic E-state index is 12.8. The zero-order chi connectivity index (χ0) is 24.2. The van der Waals surface area contributed by atoms with Gasteiger partial charge in [-0.3, -0.25) is 14.5 Å². The SMILES string of the molecule is Cc1cnc(N2CC(=NOCC(COC3CCCCO3)CN3C(=O)c4ccccc4C3=O)C2)nc1. The summed E-state index contributed by atoms with van der Waals surface area (Å²) in [4.78, 5) is 43.2. The van der Waals surface area contributed by atoms with Crippen LogP contribution in [0.5, 0.6) is 0 Å². The molecule has 10 nitrogen and oxygen atoms in total. The number of hydrogen-bond acceptors (Lipinski definition) is 9. The molecular formula is C25H29N5O5. The Labute approximate surface area is 203 Å². The minimum Gasteiger partial charge on any atom is -0.395 e. The van der Waals surface area contributed by atoms with E-state index in [9.17, 15) is 9.59 Å². The fourth-order valence-electron chi connectivity index (χ4n) is 4.28. The number of fused-ring (bicyclic) bond motifs is 1. The van der Waals surface area contributed by atoms with Crippen molar-refractivity contribution in [2.75, 3.05) is 44.4 Å². The third kappa shape index (κ3) is 5.33. The van der Waals surface area contributed by atoms with Crippen molar-refractivity contribution in [2.24, 2.45) is 11.1 Å². The highest BCUT2D eigenvalue weighted by molar-refractivity contribution is 6.21. The number of nitrogens with zero attached hydrogens (tertiary/aromatic N) is 5. The van der Waals surface area contributed by atoms with Crippen LogP contribution in [0.25, 0.3) is 0 Å². The van der Waals surface area contributed by atoms with E-state index in [0.29, 0.717) is 43.4 Å². The number of aryl methyl sites for hydroxylation is 1. The number of hydrogen-bond donors (Lipinski definition) is 0. The summed E-state index contributed by atoms with van der Waals surface area (Å²) in [5.74, 6) is -0.158. The Kier molecular flexibility index (Phi) is 7.01. The Morgan fingerprint density at radius 1 is 1.09 bits per heavy atom. The molecule has 2 fully saturated rings. The summed E-state index contributed by atoms with van der Waals surface area (Å²) in [6.07, 6.45) is 6.22. The molecule has 0 spiro atoms. The lowest BCUT2D eigenvalue weighted by molar-refractivity contribution is -0.172. The Bertz CT molecular complexity index is 1060. The number of rotatable bonds is 9. The van der Waals surface area contributed by atoms with Gasteiger partial charge in [-0.05, 0) is 43.9 Å². The molecular weight excluding hydrogens is 450 g/mol. The highest BCUT2D eigenvalue weighted by Gasteiger charge is 2.37. The molecule has 0 radical (unpaired) electrons. The third-order valence-corrected chi connectivity index (χ3v) is 6.28. The second kappa shape index (κ2) is 10.5. The highest BCUT2D eigenvalue weighted by Crippen LogP contribution is 2.24. The maximum Gasteiger partial charge on any atom is 0.261 e. The molecule has 2 unspecified atom stereocenters. The van der Waals surface area contributed by atoms with Crippen molar-refractivity contribution >= 4 is 23.5 Å². The summed E-state index contributed by atoms with van der Waals surface area (Å²) < 4.78 is 11.6. The van der Waals surface area contributed by atoms with E-state index in [4.69, 9.17) is 14.3 Å². The van der Waals surface area contributed by atoms with Crippen molar-refractivity contribution in [1.82, 2.24) is 14.9 Å². The number of oxime groups is 1. The van der Waals surface area contributed by atoms with Crippen LogP contribution in [0.4, 0.5) is 5.95 Å². The second-order valence-corrected chi connectivity index (χ2v) is 9.13. The molecule has 3 aliphatic heterocycles. The number of ether oxygens (including phenoxy) is 2. The lowest BCUT2D eigenvalue weighted by Crippen LogP contribution is -2.48. The van der Waals surface area contributed by atoms with Crippen LogP contribution < -0.4 is 4.90 Å². The topological polar surface area (TPSA) is 106 Å². The van der Waals surface area contributed by atoms with Crippen LogP contribution in [0.1, 0.15) is 45.5 Å². The molecule has 184 valence electrons. The summed E-state index contributed by atoms with van der Waals surface area (Å²) in [7, 11) is 0. The molecule has 3 aliphatic rings. The van der Waals surface area contributed by atoms with Crippen molar-refractivity contribution < 1.29 is 23.9 Å². The Morgan fingerprint density at radius 3 is 2.46 bits per heavy atom. The normalized spacial score (nSPS) is 20.5. The summed E-state index contributed by atoms with van der Waals surface area (Å²) >= 11 is 0. The third-order valence-electron chi connectivity index (χ3n) is 6.28. The van der Waals surface area contributed by atoms with Gasteiger partial charge >= 0.3 is 0 Å². The number of anilines is 1. The number of benzene rings is 1. The molecule has 1 aromatic carbocycles. The average molecular weight is 480 g/mol. The van der Waals surface area contributed by atoms with Crippen LogP contribution in [-0.4, -0.2) is 78.1 Å². The molecule has 2 atom stereocenters. The molecule has 1 aromatic heterocycles. The van der Waals surface area contributed by atoms with Crippen molar-refractivity contribution in [2.45, 2.75) is 32.5 Å². The standard InChI is InChI=1S/C25H29N5O5/c1-17-10-26-25(27-11-17)29-13-19(14-29)28-35-16-18(15-34-22-8-4-5-9-33-22)12-30-23(31)20-6-2-3-7-21(20)24(30)32/h2-3,6-7,10-11,18,22H,4-5,8-9,12-16H2,1H3. The first-order valence-corrected chi connectivity index (χ1v) is 12.0. The molecule has 35 heavy (non-hydrogen) atoms. The van der Waals surface area contributed by atoms with Crippen LogP contribution in [0.3, 0.4) is 0 Å². The van der Waals surface area contributed by atoms with Gasteiger partial charge in [-0.25, -0.2) is 9.97 Å². The Balaban J connectivity index is 1.18. The number of amides is 2. The van der Waals surface area contributed by atoms with Gasteiger partial charge in [0.05, 0.1) is 36.5 Å². The highest BCUT2D eigenvalue weighted by atomic mass is 16.7. The summed E-state index contributed by atoms with van der Waals surface area (Å²) in [5, 5.41) is 4.25. The van der Waals surface area contributed by atoms with E-state index in [2.05, 4.69) is 15.1 Å². The molecule has 2 saturated heterocycles. The van der Waals surface area contributed by atoms with E-state index in [0.717, 1.165) is 30.5 Å². The molecule has 0 N–H and O–H groups in total. The second-order valence-electron chi connectivity index (χ2n) is 9.13. The minimum absolute atomic E-state index is 0.188. The van der Waals surface area contributed by atoms with Gasteiger partial charge in [0.2, 0.25) is 5.95 Å². The van der Waals surface area contributed by atoms with Crippen molar-refractivity contribution in [1.29, 1.82) is 0 Å². The predicted octanol–water partition coefficient (Wildman–Crippen LogP) is 2.43. The summed E-state index contributed by atoms with van der Waals surface area (Å²) in [6, 6.07) is 6.88. The smallest absolute Gasteiger partial charge is 0.261 e. The van der Waals surface area contributed by atoms with Gasteiger partial charge in [-0.15, -0.1) is 0 Å². The first-order chi connectivity index (χ1) is 17.1. The van der Waals surface area contributed by atoms with E-state index in [1.807, 2.05) is 11.8 Å². The molecule has 0 bridgehead atoms. The van der Waals surface area contributed by atoms with Crippen LogP contribution in [0.15, 0.2) is 41.8 Å². The minimum atomic E-state index is -0.288. The van der Waals surface area contributed by atoms with Crippen molar-refractivity contribution in [3.8, 4) is 0 Å². The first-order valence-electron chi connectivity index (χ1n) is 12.0. The average Bonchev–Trinajstić information content (AvgIpc) is 3.10. The fourth-order valence-corrected chi connectivity index (χ4v) is 4.28. The van der Waals surface area contributed by atoms with Crippen molar-refractivity contribution in [3.05, 3.63) is 53.3 Å². The molecule has 0 saturated carbocycles. The zero-order valence-electron chi connectivity index (χ0n) is 19.8. The van der Waals surface area contributed by atoms with Crippen LogP contribution in [0, 0.1) is 12.8 Å². The lowest BCUT2D eigenvalue weighted by Gasteiger charge is -2.32. The Hall–Kier alpha value is -3.37. The monoisotopic (exact) mass is 479 g/mol. The number of carbonyl (C=O) groups excluding carboxylic acids is 2. The van der Waals surface area contributed by atoms with E-state index < -0.39 is 0 Å². The predicted molar refractivity (Wildman–Crippen MR) is 127 cm³/mol. The molecule has 5 rings (SSSR count). The van der Waals surface area contributed by atoms with Crippen molar-refractivity contribution in [3.63, 3.8) is 0 Å². The first kappa shape index (κ1) is 23.4. The van der Waals surface area contributed by atoms with Gasteiger partial charge in [0.15, 0.2) is 6.29 Å². The Morgan fingerprint density at radius 2 is 1.80 bits per heavy atom. The number of imide groups is 1. The van der Waals surface area contributed by atoms with Gasteiger partial charge in [-0.1, -0.05) is 17.3 Å². The lowest BCUT2D eigenvalue weighted by atomic mass is 10.1. The van der Waals surface area contributed by atoms with E-state index in [-0.39, 0.29) is 37.2 Å². The number of carbonyl (C=O) groups is 2. The van der Waals surface area contributed by atoms with E-state index >= 15 is 0 Å². The zero-order valence-corrected chi connectivity index (χ0v) is 19.8. The molecule has 2 amide bonds. The maximum absolute atomic E-state index is 12.8. The van der Waals surface area contributed by atoms with Gasteiger partial charge in [0, 0.05) is 31.5 Å². The van der Waals surface area contributed by atoms with Crippen LogP contribution in [0.2, 0.25) is 0 Å². The summed E-state index contributed by atoms with van der Waals surface area (Å²) in [5.41, 5.74) is 2.75. The number of aromatic nitrogens is 2.